The van der Waals surface area contributed by atoms with Crippen molar-refractivity contribution in [3.63, 3.8) is 0 Å². The average molecular weight is 705 g/mol. The van der Waals surface area contributed by atoms with Gasteiger partial charge in [0, 0.05) is 39.2 Å². The summed E-state index contributed by atoms with van der Waals surface area (Å²) in [4.78, 5) is 4.66. The van der Waals surface area contributed by atoms with Crippen molar-refractivity contribution >= 4 is 66.8 Å². The van der Waals surface area contributed by atoms with Gasteiger partial charge in [-0.15, -0.1) is 0 Å². The Labute approximate surface area is 320 Å². The third-order valence-corrected chi connectivity index (χ3v) is 10.4. The van der Waals surface area contributed by atoms with Gasteiger partial charge in [0.2, 0.25) is 0 Å². The Morgan fingerprint density at radius 2 is 0.764 bits per heavy atom. The molecule has 0 aliphatic rings. The van der Waals surface area contributed by atoms with E-state index in [-0.39, 0.29) is 0 Å². The van der Waals surface area contributed by atoms with E-state index in [1.807, 2.05) is 0 Å². The monoisotopic (exact) mass is 704 g/mol. The van der Waals surface area contributed by atoms with Crippen LogP contribution in [0.25, 0.3) is 55.0 Å². The Hall–Kier alpha value is -7.36. The highest BCUT2D eigenvalue weighted by atomic mass is 16.3. The first-order valence-corrected chi connectivity index (χ1v) is 18.7. The molecule has 10 rings (SSSR count). The molecule has 9 aromatic carbocycles. The molecule has 55 heavy (non-hydrogen) atoms. The number of hydrogen-bond acceptors (Lipinski definition) is 3. The average Bonchev–Trinajstić information content (AvgIpc) is 3.65. The summed E-state index contributed by atoms with van der Waals surface area (Å²) in [6.07, 6.45) is 0. The minimum Gasteiger partial charge on any atom is -0.454 e. The van der Waals surface area contributed by atoms with E-state index in [1.165, 1.54) is 33.0 Å². The lowest BCUT2D eigenvalue weighted by atomic mass is 10.00. The quantitative estimate of drug-likeness (QED) is 0.157. The van der Waals surface area contributed by atoms with Crippen LogP contribution in [0.3, 0.4) is 0 Å². The molecule has 0 aliphatic heterocycles. The zero-order chi connectivity index (χ0) is 36.6. The number of nitrogens with zero attached hydrogens (tertiary/aromatic N) is 2. The van der Waals surface area contributed by atoms with Gasteiger partial charge in [-0.3, -0.25) is 0 Å². The van der Waals surface area contributed by atoms with Gasteiger partial charge in [-0.05, 0) is 99.8 Å². The largest absolute Gasteiger partial charge is 0.454 e. The number of hydrogen-bond donors (Lipinski definition) is 0. The molecule has 260 valence electrons. The van der Waals surface area contributed by atoms with Crippen molar-refractivity contribution in [1.29, 1.82) is 0 Å². The number of anilines is 6. The van der Waals surface area contributed by atoms with Crippen LogP contribution in [-0.2, 0) is 0 Å². The molecular weight excluding hydrogens is 669 g/mol. The summed E-state index contributed by atoms with van der Waals surface area (Å²) in [5.41, 5.74) is 12.7. The first kappa shape index (κ1) is 32.3. The summed E-state index contributed by atoms with van der Waals surface area (Å²) >= 11 is 0. The highest BCUT2D eigenvalue weighted by molar-refractivity contribution is 6.22. The summed E-state index contributed by atoms with van der Waals surface area (Å²) in [7, 11) is 0. The normalized spacial score (nSPS) is 11.3. The van der Waals surface area contributed by atoms with Gasteiger partial charge in [-0.1, -0.05) is 152 Å². The molecule has 0 amide bonds. The van der Waals surface area contributed by atoms with Crippen molar-refractivity contribution < 1.29 is 4.42 Å². The molecule has 0 N–H and O–H groups in total. The van der Waals surface area contributed by atoms with Gasteiger partial charge in [-0.2, -0.15) is 0 Å². The maximum Gasteiger partial charge on any atom is 0.159 e. The zero-order valence-corrected chi connectivity index (χ0v) is 30.1. The van der Waals surface area contributed by atoms with E-state index in [1.54, 1.807) is 0 Å². The van der Waals surface area contributed by atoms with Crippen LogP contribution in [0, 0.1) is 0 Å². The molecule has 0 aliphatic carbocycles. The fraction of sp³-hybridized carbons (Fsp3) is 0. The van der Waals surface area contributed by atoms with Crippen LogP contribution in [0.5, 0.6) is 0 Å². The molecule has 10 aromatic rings. The van der Waals surface area contributed by atoms with E-state index < -0.39 is 0 Å². The molecular formula is C52H36N2O. The molecule has 0 spiro atoms. The van der Waals surface area contributed by atoms with Gasteiger partial charge in [0.15, 0.2) is 5.58 Å². The Kier molecular flexibility index (Phi) is 8.16. The first-order valence-electron chi connectivity index (χ1n) is 18.7. The maximum atomic E-state index is 6.90. The minimum atomic E-state index is 0.838. The molecule has 3 nitrogen and oxygen atoms in total. The molecule has 0 saturated carbocycles. The van der Waals surface area contributed by atoms with E-state index in [0.29, 0.717) is 0 Å². The molecule has 0 atom stereocenters. The highest BCUT2D eigenvalue weighted by Gasteiger charge is 2.24. The van der Waals surface area contributed by atoms with Crippen LogP contribution in [0.15, 0.2) is 223 Å². The molecule has 0 radical (unpaired) electrons. The molecule has 1 heterocycles. The Morgan fingerprint density at radius 3 is 1.35 bits per heavy atom. The molecule has 0 fully saturated rings. The van der Waals surface area contributed by atoms with E-state index in [2.05, 4.69) is 228 Å². The van der Waals surface area contributed by atoms with Crippen LogP contribution in [0.1, 0.15) is 0 Å². The lowest BCUT2D eigenvalue weighted by Gasteiger charge is -2.29. The number of rotatable bonds is 8. The summed E-state index contributed by atoms with van der Waals surface area (Å²) < 4.78 is 6.90. The topological polar surface area (TPSA) is 19.6 Å². The Bertz CT molecular complexity index is 2850. The fourth-order valence-electron chi connectivity index (χ4n) is 7.81. The van der Waals surface area contributed by atoms with Crippen LogP contribution < -0.4 is 9.80 Å². The predicted octanol–water partition coefficient (Wildman–Crippen LogP) is 15.0. The molecule has 1 aromatic heterocycles. The van der Waals surface area contributed by atoms with Crippen LogP contribution >= 0.6 is 0 Å². The van der Waals surface area contributed by atoms with Crippen LogP contribution in [0.4, 0.5) is 34.1 Å². The second kappa shape index (κ2) is 13.9. The summed E-state index contributed by atoms with van der Waals surface area (Å²) in [6.45, 7) is 0. The minimum absolute atomic E-state index is 0.838. The van der Waals surface area contributed by atoms with Gasteiger partial charge in [-0.25, -0.2) is 0 Å². The lowest BCUT2D eigenvalue weighted by Crippen LogP contribution is -2.13. The van der Waals surface area contributed by atoms with E-state index in [4.69, 9.17) is 4.42 Å². The van der Waals surface area contributed by atoms with Crippen molar-refractivity contribution in [3.05, 3.63) is 218 Å². The SMILES string of the molecule is c1ccc(-c2ccc(-c3ccc(N(c4ccccc4)c4cc(N(c5ccccc5)c5ccccc5)c5oc6ccc7ccccc7c6c5c4)cc3)cc2)cc1. The third kappa shape index (κ3) is 5.98. The van der Waals surface area contributed by atoms with E-state index in [9.17, 15) is 0 Å². The van der Waals surface area contributed by atoms with Crippen molar-refractivity contribution in [3.8, 4) is 22.3 Å². The van der Waals surface area contributed by atoms with E-state index in [0.717, 1.165) is 56.1 Å². The molecule has 3 heteroatoms. The second-order valence-electron chi connectivity index (χ2n) is 13.8. The van der Waals surface area contributed by atoms with Crippen LogP contribution in [0.2, 0.25) is 0 Å². The Balaban J connectivity index is 1.18. The highest BCUT2D eigenvalue weighted by Crippen LogP contribution is 2.48. The Morgan fingerprint density at radius 1 is 0.309 bits per heavy atom. The van der Waals surface area contributed by atoms with Gasteiger partial charge < -0.3 is 14.2 Å². The smallest absolute Gasteiger partial charge is 0.159 e. The van der Waals surface area contributed by atoms with Gasteiger partial charge >= 0.3 is 0 Å². The fourth-order valence-corrected chi connectivity index (χ4v) is 7.81. The van der Waals surface area contributed by atoms with E-state index >= 15 is 0 Å². The molecule has 0 saturated heterocycles. The first-order chi connectivity index (χ1) is 27.3. The second-order valence-corrected chi connectivity index (χ2v) is 13.8. The molecule has 0 bridgehead atoms. The lowest BCUT2D eigenvalue weighted by molar-refractivity contribution is 0.669. The summed E-state index contributed by atoms with van der Waals surface area (Å²) in [5.74, 6) is 0. The van der Waals surface area contributed by atoms with Gasteiger partial charge in [0.25, 0.3) is 0 Å². The van der Waals surface area contributed by atoms with Crippen molar-refractivity contribution in [2.45, 2.75) is 0 Å². The molecule has 0 unspecified atom stereocenters. The summed E-state index contributed by atoms with van der Waals surface area (Å²) in [6, 6.07) is 77.4. The predicted molar refractivity (Wildman–Crippen MR) is 231 cm³/mol. The van der Waals surface area contributed by atoms with Crippen molar-refractivity contribution in [2.24, 2.45) is 0 Å². The number of fused-ring (bicyclic) bond motifs is 5. The third-order valence-electron chi connectivity index (χ3n) is 10.4. The van der Waals surface area contributed by atoms with Crippen molar-refractivity contribution in [2.75, 3.05) is 9.80 Å². The number of benzene rings is 9. The number of para-hydroxylation sites is 3. The summed E-state index contributed by atoms with van der Waals surface area (Å²) in [5, 5.41) is 4.52. The maximum absolute atomic E-state index is 6.90. The number of furan rings is 1. The standard InChI is InChI=1S/C52H36N2O/c1-5-15-37(16-6-1)38-25-27-39(28-26-38)40-29-32-45(33-30-40)53(42-18-7-2-8-19-42)46-35-48-51-47-24-14-13-17-41(47)31-34-50(51)55-52(48)49(36-46)54(43-20-9-3-10-21-43)44-22-11-4-12-23-44/h1-36H. The zero-order valence-electron chi connectivity index (χ0n) is 30.1. The van der Waals surface area contributed by atoms with Crippen molar-refractivity contribution in [1.82, 2.24) is 0 Å². The van der Waals surface area contributed by atoms with Gasteiger partial charge in [0.1, 0.15) is 5.58 Å². The van der Waals surface area contributed by atoms with Crippen LogP contribution in [-0.4, -0.2) is 0 Å². The van der Waals surface area contributed by atoms with Gasteiger partial charge in [0.05, 0.1) is 5.69 Å².